The summed E-state index contributed by atoms with van der Waals surface area (Å²) in [5.41, 5.74) is 4.01. The number of nitrogens with zero attached hydrogens (tertiary/aromatic N) is 1. The van der Waals surface area contributed by atoms with Crippen molar-refractivity contribution in [3.05, 3.63) is 51.3 Å². The Balaban J connectivity index is 1.87. The molecule has 2 heterocycles. The summed E-state index contributed by atoms with van der Waals surface area (Å²) in [4.78, 5) is 25.3. The van der Waals surface area contributed by atoms with Gasteiger partial charge in [-0.25, -0.2) is 4.79 Å². The molecule has 1 aromatic heterocycles. The van der Waals surface area contributed by atoms with E-state index in [4.69, 9.17) is 9.47 Å². The Kier molecular flexibility index (Phi) is 5.96. The van der Waals surface area contributed by atoms with E-state index in [2.05, 4.69) is 37.5 Å². The third kappa shape index (κ3) is 4.02. The smallest absolute Gasteiger partial charge is 0.343 e. The fourth-order valence-corrected chi connectivity index (χ4v) is 5.09. The number of hydrogen-bond acceptors (Lipinski definition) is 4. The van der Waals surface area contributed by atoms with Gasteiger partial charge in [-0.3, -0.25) is 4.79 Å². The summed E-state index contributed by atoms with van der Waals surface area (Å²) in [6.07, 6.45) is 8.27. The van der Waals surface area contributed by atoms with Gasteiger partial charge in [-0.1, -0.05) is 33.1 Å². The number of ether oxygens (including phenoxy) is 2. The van der Waals surface area contributed by atoms with Crippen molar-refractivity contribution in [1.29, 1.82) is 0 Å². The van der Waals surface area contributed by atoms with Crippen molar-refractivity contribution in [3.63, 3.8) is 0 Å². The predicted octanol–water partition coefficient (Wildman–Crippen LogP) is 5.25. The van der Waals surface area contributed by atoms with Crippen LogP contribution < -0.4 is 10.2 Å². The van der Waals surface area contributed by atoms with Gasteiger partial charge < -0.3 is 14.0 Å². The quantitative estimate of drug-likeness (QED) is 0.616. The average Bonchev–Trinajstić information content (AvgIpc) is 2.73. The van der Waals surface area contributed by atoms with Crippen LogP contribution in [0.1, 0.15) is 74.4 Å². The summed E-state index contributed by atoms with van der Waals surface area (Å²) in [6, 6.07) is 5.95. The van der Waals surface area contributed by atoms with Gasteiger partial charge in [0, 0.05) is 23.4 Å². The largest absolute Gasteiger partial charge is 0.493 e. The molecule has 2 aliphatic rings. The SMILES string of the molecule is CCOC(=O)c1cn2c(cc1=O)-c1cc(C)c(OCC(C)C)cc1CC21CCCCC1. The van der Waals surface area contributed by atoms with E-state index in [1.807, 2.05) is 0 Å². The molecule has 1 spiro atoms. The van der Waals surface area contributed by atoms with Crippen molar-refractivity contribution in [1.82, 2.24) is 4.57 Å². The van der Waals surface area contributed by atoms with Gasteiger partial charge in [-0.05, 0) is 62.3 Å². The summed E-state index contributed by atoms with van der Waals surface area (Å²) in [5.74, 6) is 0.853. The highest BCUT2D eigenvalue weighted by atomic mass is 16.5. The summed E-state index contributed by atoms with van der Waals surface area (Å²) >= 11 is 0. The van der Waals surface area contributed by atoms with E-state index in [1.165, 1.54) is 12.0 Å². The molecule has 1 fully saturated rings. The lowest BCUT2D eigenvalue weighted by Gasteiger charge is -2.45. The molecule has 5 nitrogen and oxygen atoms in total. The number of benzene rings is 1. The zero-order valence-electron chi connectivity index (χ0n) is 19.1. The van der Waals surface area contributed by atoms with E-state index in [-0.39, 0.29) is 23.1 Å². The lowest BCUT2D eigenvalue weighted by Crippen LogP contribution is -2.42. The van der Waals surface area contributed by atoms with Gasteiger partial charge in [0.2, 0.25) is 0 Å². The van der Waals surface area contributed by atoms with E-state index < -0.39 is 5.97 Å². The van der Waals surface area contributed by atoms with Gasteiger partial charge in [0.15, 0.2) is 5.43 Å². The van der Waals surface area contributed by atoms with Crippen LogP contribution in [-0.4, -0.2) is 23.8 Å². The second-order valence-electron chi connectivity index (χ2n) is 9.47. The second-order valence-corrected chi connectivity index (χ2v) is 9.47. The van der Waals surface area contributed by atoms with Gasteiger partial charge in [0.05, 0.1) is 18.9 Å². The van der Waals surface area contributed by atoms with Crippen LogP contribution in [0.15, 0.2) is 29.2 Å². The molecule has 1 aromatic carbocycles. The summed E-state index contributed by atoms with van der Waals surface area (Å²) in [5, 5.41) is 0. The Morgan fingerprint density at radius 2 is 1.90 bits per heavy atom. The van der Waals surface area contributed by atoms with Crippen LogP contribution in [-0.2, 0) is 16.7 Å². The first-order chi connectivity index (χ1) is 14.8. The lowest BCUT2D eigenvalue weighted by molar-refractivity contribution is 0.0522. The Morgan fingerprint density at radius 3 is 2.58 bits per heavy atom. The summed E-state index contributed by atoms with van der Waals surface area (Å²) in [7, 11) is 0. The van der Waals surface area contributed by atoms with Gasteiger partial charge >= 0.3 is 5.97 Å². The number of esters is 1. The summed E-state index contributed by atoms with van der Waals surface area (Å²) < 4.78 is 13.5. The lowest BCUT2D eigenvalue weighted by atomic mass is 9.73. The molecule has 1 aliphatic heterocycles. The first kappa shape index (κ1) is 21.7. The monoisotopic (exact) mass is 423 g/mol. The van der Waals surface area contributed by atoms with Crippen molar-refractivity contribution < 1.29 is 14.3 Å². The van der Waals surface area contributed by atoms with Gasteiger partial charge in [0.25, 0.3) is 0 Å². The molecule has 0 N–H and O–H groups in total. The number of carbonyl (C=O) groups excluding carboxylic acids is 1. The van der Waals surface area contributed by atoms with Gasteiger partial charge in [-0.2, -0.15) is 0 Å². The van der Waals surface area contributed by atoms with Gasteiger partial charge in [0.1, 0.15) is 11.3 Å². The minimum Gasteiger partial charge on any atom is -0.493 e. The minimum absolute atomic E-state index is 0.111. The molecule has 31 heavy (non-hydrogen) atoms. The maximum atomic E-state index is 12.9. The number of hydrogen-bond donors (Lipinski definition) is 0. The normalized spacial score (nSPS) is 16.7. The molecule has 0 unspecified atom stereocenters. The van der Waals surface area contributed by atoms with Crippen LogP contribution in [0.4, 0.5) is 0 Å². The van der Waals surface area contributed by atoms with E-state index in [0.717, 1.165) is 54.7 Å². The number of pyridine rings is 1. The molecule has 4 rings (SSSR count). The molecular formula is C26H33NO4. The zero-order valence-corrected chi connectivity index (χ0v) is 19.1. The van der Waals surface area contributed by atoms with Crippen molar-refractivity contribution in [3.8, 4) is 17.0 Å². The first-order valence-corrected chi connectivity index (χ1v) is 11.6. The number of aromatic nitrogens is 1. The van der Waals surface area contributed by atoms with Crippen LogP contribution in [0.25, 0.3) is 11.3 Å². The Morgan fingerprint density at radius 1 is 1.16 bits per heavy atom. The highest BCUT2D eigenvalue weighted by Crippen LogP contribution is 2.46. The molecule has 0 atom stereocenters. The van der Waals surface area contributed by atoms with Crippen LogP contribution >= 0.6 is 0 Å². The predicted molar refractivity (Wildman–Crippen MR) is 122 cm³/mol. The molecule has 166 valence electrons. The highest BCUT2D eigenvalue weighted by Gasteiger charge is 2.40. The van der Waals surface area contributed by atoms with Crippen LogP contribution in [0.2, 0.25) is 0 Å². The average molecular weight is 424 g/mol. The molecule has 0 saturated heterocycles. The van der Waals surface area contributed by atoms with E-state index in [9.17, 15) is 9.59 Å². The van der Waals surface area contributed by atoms with E-state index >= 15 is 0 Å². The standard InChI is InChI=1S/C26H33NO4/c1-5-30-25(29)21-15-27-22(13-23(21)28)20-11-18(4)24(31-16-17(2)3)12-19(20)14-26(27)9-7-6-8-10-26/h11-13,15,17H,5-10,14,16H2,1-4H3. The first-order valence-electron chi connectivity index (χ1n) is 11.6. The number of carbonyl (C=O) groups is 1. The Labute approximate surface area is 184 Å². The van der Waals surface area contributed by atoms with Crippen LogP contribution in [0.5, 0.6) is 5.75 Å². The van der Waals surface area contributed by atoms with E-state index in [1.54, 1.807) is 19.2 Å². The van der Waals surface area contributed by atoms with Gasteiger partial charge in [-0.15, -0.1) is 0 Å². The topological polar surface area (TPSA) is 57.5 Å². The van der Waals surface area contributed by atoms with Crippen molar-refractivity contribution in [2.24, 2.45) is 5.92 Å². The van der Waals surface area contributed by atoms with Crippen molar-refractivity contribution in [2.45, 2.75) is 71.8 Å². The highest BCUT2D eigenvalue weighted by molar-refractivity contribution is 5.89. The molecule has 0 bridgehead atoms. The third-order valence-electron chi connectivity index (χ3n) is 6.61. The number of aryl methyl sites for hydroxylation is 1. The minimum atomic E-state index is -0.534. The molecule has 0 amide bonds. The fraction of sp³-hybridized carbons (Fsp3) is 0.538. The Hall–Kier alpha value is -2.56. The molecule has 1 saturated carbocycles. The molecule has 1 aliphatic carbocycles. The Bertz CT molecular complexity index is 1040. The van der Waals surface area contributed by atoms with Crippen molar-refractivity contribution >= 4 is 5.97 Å². The molecule has 5 heteroatoms. The summed E-state index contributed by atoms with van der Waals surface area (Å²) in [6.45, 7) is 9.05. The molecule has 0 radical (unpaired) electrons. The zero-order chi connectivity index (χ0) is 22.2. The van der Waals surface area contributed by atoms with Crippen LogP contribution in [0.3, 0.4) is 0 Å². The van der Waals surface area contributed by atoms with E-state index in [0.29, 0.717) is 12.5 Å². The van der Waals surface area contributed by atoms with Crippen molar-refractivity contribution in [2.75, 3.05) is 13.2 Å². The number of fused-ring (bicyclic) bond motifs is 4. The third-order valence-corrected chi connectivity index (χ3v) is 6.61. The molecular weight excluding hydrogens is 390 g/mol. The fourth-order valence-electron chi connectivity index (χ4n) is 5.09. The number of rotatable bonds is 5. The molecule has 2 aromatic rings. The maximum Gasteiger partial charge on any atom is 0.343 e. The van der Waals surface area contributed by atoms with Crippen LogP contribution in [0, 0.1) is 12.8 Å². The maximum absolute atomic E-state index is 12.9. The second kappa shape index (κ2) is 8.52.